The van der Waals surface area contributed by atoms with Crippen LogP contribution in [0.5, 0.6) is 11.9 Å². The highest BCUT2D eigenvalue weighted by Crippen LogP contribution is 2.31. The van der Waals surface area contributed by atoms with Crippen molar-refractivity contribution >= 4 is 5.91 Å². The molecular formula is C25H25F3N4O4. The van der Waals surface area contributed by atoms with Crippen molar-refractivity contribution in [2.45, 2.75) is 31.5 Å². The van der Waals surface area contributed by atoms with Gasteiger partial charge in [0.1, 0.15) is 13.2 Å². The molecule has 1 N–H and O–H groups in total. The molecule has 1 amide bonds. The van der Waals surface area contributed by atoms with Gasteiger partial charge < -0.3 is 19.5 Å². The van der Waals surface area contributed by atoms with Crippen molar-refractivity contribution in [2.24, 2.45) is 0 Å². The summed E-state index contributed by atoms with van der Waals surface area (Å²) in [5, 5.41) is 3.07. The van der Waals surface area contributed by atoms with Gasteiger partial charge in [0.05, 0.1) is 13.7 Å². The Kier molecular flexibility index (Phi) is 7.99. The standard InChI is InChI=1S/C25H25F3N4O4/c1-34-24-30-13-18(14-31-24)20-4-2-3-16-5-6-19(12-21(16)20)32-23(33)17-7-8-29-22(11-17)36-10-9-35-15-25(26,27)28/h2-4,7-8,11,13-14,19H,5-6,9-10,12,15H2,1H3,(H,32,33)/t19-/m1/s1. The number of hydrogen-bond donors (Lipinski definition) is 1. The molecule has 0 unspecified atom stereocenters. The molecule has 36 heavy (non-hydrogen) atoms. The molecule has 0 spiro atoms. The van der Waals surface area contributed by atoms with Gasteiger partial charge in [-0.15, -0.1) is 0 Å². The smallest absolute Gasteiger partial charge is 0.411 e. The van der Waals surface area contributed by atoms with E-state index in [1.165, 1.54) is 24.9 Å². The molecule has 1 aliphatic rings. The van der Waals surface area contributed by atoms with E-state index in [-0.39, 0.29) is 31.0 Å². The molecule has 0 saturated carbocycles. The highest BCUT2D eigenvalue weighted by Gasteiger charge is 2.27. The molecule has 2 aromatic heterocycles. The summed E-state index contributed by atoms with van der Waals surface area (Å²) in [6, 6.07) is 9.33. The van der Waals surface area contributed by atoms with Crippen LogP contribution in [0.3, 0.4) is 0 Å². The number of benzene rings is 1. The third-order valence-electron chi connectivity index (χ3n) is 5.68. The fourth-order valence-electron chi connectivity index (χ4n) is 4.03. The number of aryl methyl sites for hydroxylation is 1. The second kappa shape index (κ2) is 11.3. The molecule has 0 saturated heterocycles. The Morgan fingerprint density at radius 2 is 1.94 bits per heavy atom. The first-order valence-electron chi connectivity index (χ1n) is 11.3. The van der Waals surface area contributed by atoms with E-state index in [9.17, 15) is 18.0 Å². The maximum Gasteiger partial charge on any atom is 0.411 e. The maximum atomic E-state index is 12.9. The predicted octanol–water partition coefficient (Wildman–Crippen LogP) is 3.79. The summed E-state index contributed by atoms with van der Waals surface area (Å²) in [6.45, 7) is -1.71. The third kappa shape index (κ3) is 6.69. The average molecular weight is 502 g/mol. The highest BCUT2D eigenvalue weighted by atomic mass is 19.4. The molecule has 1 atom stereocenters. The molecule has 1 aliphatic carbocycles. The molecule has 0 fully saturated rings. The van der Waals surface area contributed by atoms with Crippen LogP contribution in [-0.4, -0.2) is 60.0 Å². The largest absolute Gasteiger partial charge is 0.475 e. The lowest BCUT2D eigenvalue weighted by Gasteiger charge is -2.27. The van der Waals surface area contributed by atoms with E-state index in [0.717, 1.165) is 29.5 Å². The molecule has 0 radical (unpaired) electrons. The number of alkyl halides is 3. The lowest BCUT2D eigenvalue weighted by molar-refractivity contribution is -0.175. The normalized spacial score (nSPS) is 15.2. The Bertz CT molecular complexity index is 1190. The minimum atomic E-state index is -4.39. The van der Waals surface area contributed by atoms with E-state index >= 15 is 0 Å². The Hall–Kier alpha value is -3.73. The number of pyridine rings is 1. The summed E-state index contributed by atoms with van der Waals surface area (Å²) < 4.78 is 51.3. The van der Waals surface area contributed by atoms with Crippen molar-refractivity contribution in [1.82, 2.24) is 20.3 Å². The van der Waals surface area contributed by atoms with Crippen LogP contribution in [0.4, 0.5) is 13.2 Å². The Balaban J connectivity index is 1.37. The van der Waals surface area contributed by atoms with Crippen LogP contribution >= 0.6 is 0 Å². The predicted molar refractivity (Wildman–Crippen MR) is 124 cm³/mol. The van der Waals surface area contributed by atoms with Gasteiger partial charge in [-0.2, -0.15) is 13.2 Å². The zero-order valence-electron chi connectivity index (χ0n) is 19.5. The van der Waals surface area contributed by atoms with Gasteiger partial charge in [0.15, 0.2) is 0 Å². The van der Waals surface area contributed by atoms with Gasteiger partial charge in [-0.25, -0.2) is 15.0 Å². The number of carbonyl (C=O) groups is 1. The van der Waals surface area contributed by atoms with Crippen LogP contribution in [0.15, 0.2) is 48.9 Å². The second-order valence-corrected chi connectivity index (χ2v) is 8.21. The Labute approximate surface area is 205 Å². The number of methoxy groups -OCH3 is 1. The maximum absolute atomic E-state index is 12.9. The van der Waals surface area contributed by atoms with Gasteiger partial charge >= 0.3 is 12.2 Å². The van der Waals surface area contributed by atoms with Crippen LogP contribution in [0.25, 0.3) is 11.1 Å². The lowest BCUT2D eigenvalue weighted by atomic mass is 9.84. The summed E-state index contributed by atoms with van der Waals surface area (Å²) in [5.41, 5.74) is 4.59. The molecule has 3 aromatic rings. The average Bonchev–Trinajstić information content (AvgIpc) is 2.87. The van der Waals surface area contributed by atoms with E-state index < -0.39 is 12.8 Å². The second-order valence-electron chi connectivity index (χ2n) is 8.21. The summed E-state index contributed by atoms with van der Waals surface area (Å²) in [6.07, 6.45) is 2.71. The fourth-order valence-corrected chi connectivity index (χ4v) is 4.03. The van der Waals surface area contributed by atoms with Crippen LogP contribution in [0.1, 0.15) is 27.9 Å². The summed E-state index contributed by atoms with van der Waals surface area (Å²) >= 11 is 0. The number of nitrogens with one attached hydrogen (secondary N) is 1. The molecule has 11 heteroatoms. The summed E-state index contributed by atoms with van der Waals surface area (Å²) in [4.78, 5) is 25.3. The van der Waals surface area contributed by atoms with E-state index in [4.69, 9.17) is 9.47 Å². The van der Waals surface area contributed by atoms with Crippen molar-refractivity contribution < 1.29 is 32.2 Å². The van der Waals surface area contributed by atoms with Gasteiger partial charge in [0.25, 0.3) is 5.91 Å². The number of rotatable bonds is 9. The molecule has 8 nitrogen and oxygen atoms in total. The van der Waals surface area contributed by atoms with Gasteiger partial charge in [-0.1, -0.05) is 18.2 Å². The van der Waals surface area contributed by atoms with Crippen LogP contribution in [0, 0.1) is 0 Å². The molecule has 2 heterocycles. The number of halogens is 3. The fraction of sp³-hybridized carbons (Fsp3) is 0.360. The minimum absolute atomic E-state index is 0.0846. The molecule has 0 aliphatic heterocycles. The number of fused-ring (bicyclic) bond motifs is 1. The summed E-state index contributed by atoms with van der Waals surface area (Å²) in [7, 11) is 1.51. The van der Waals surface area contributed by atoms with E-state index in [1.807, 2.05) is 12.1 Å². The van der Waals surface area contributed by atoms with Crippen LogP contribution in [-0.2, 0) is 17.6 Å². The number of aromatic nitrogens is 3. The van der Waals surface area contributed by atoms with Gasteiger partial charge in [-0.3, -0.25) is 4.79 Å². The molecule has 0 bridgehead atoms. The van der Waals surface area contributed by atoms with Crippen LogP contribution < -0.4 is 14.8 Å². The molecule has 190 valence electrons. The van der Waals surface area contributed by atoms with Crippen molar-refractivity contribution in [2.75, 3.05) is 26.9 Å². The first-order valence-corrected chi connectivity index (χ1v) is 11.3. The Morgan fingerprint density at radius 1 is 1.14 bits per heavy atom. The van der Waals surface area contributed by atoms with E-state index in [2.05, 4.69) is 31.1 Å². The topological polar surface area (TPSA) is 95.5 Å². The van der Waals surface area contributed by atoms with Gasteiger partial charge in [-0.05, 0) is 42.0 Å². The van der Waals surface area contributed by atoms with Crippen LogP contribution in [0.2, 0.25) is 0 Å². The number of carbonyl (C=O) groups excluding carboxylic acids is 1. The number of hydrogen-bond acceptors (Lipinski definition) is 7. The minimum Gasteiger partial charge on any atom is -0.475 e. The Morgan fingerprint density at radius 3 is 2.69 bits per heavy atom. The molecular weight excluding hydrogens is 477 g/mol. The zero-order valence-corrected chi connectivity index (χ0v) is 19.5. The number of nitrogens with zero attached hydrogens (tertiary/aromatic N) is 3. The highest BCUT2D eigenvalue weighted by molar-refractivity contribution is 5.94. The monoisotopic (exact) mass is 502 g/mol. The van der Waals surface area contributed by atoms with Crippen molar-refractivity contribution in [3.8, 4) is 23.0 Å². The SMILES string of the molecule is COc1ncc(-c2cccc3c2C[C@H](NC(=O)c2ccnc(OCCOCC(F)(F)F)c2)CC3)cn1. The van der Waals surface area contributed by atoms with Crippen molar-refractivity contribution in [3.63, 3.8) is 0 Å². The first kappa shape index (κ1) is 25.4. The summed E-state index contributed by atoms with van der Waals surface area (Å²) in [5.74, 6) is -0.150. The third-order valence-corrected chi connectivity index (χ3v) is 5.68. The number of ether oxygens (including phenoxy) is 3. The molecule has 1 aromatic carbocycles. The number of amides is 1. The quantitative estimate of drug-likeness (QED) is 0.445. The zero-order chi connectivity index (χ0) is 25.5. The molecule has 4 rings (SSSR count). The lowest BCUT2D eigenvalue weighted by Crippen LogP contribution is -2.39. The van der Waals surface area contributed by atoms with Gasteiger partial charge in [0.2, 0.25) is 5.88 Å². The van der Waals surface area contributed by atoms with Crippen molar-refractivity contribution in [1.29, 1.82) is 0 Å². The van der Waals surface area contributed by atoms with E-state index in [1.54, 1.807) is 18.5 Å². The van der Waals surface area contributed by atoms with E-state index in [0.29, 0.717) is 18.0 Å². The first-order chi connectivity index (χ1) is 17.3. The van der Waals surface area contributed by atoms with Crippen molar-refractivity contribution in [3.05, 3.63) is 65.6 Å². The van der Waals surface area contributed by atoms with Gasteiger partial charge in [0, 0.05) is 41.8 Å².